The van der Waals surface area contributed by atoms with Crippen LogP contribution in [0.5, 0.6) is 5.75 Å². The number of thiophene rings is 1. The maximum atomic E-state index is 12.7. The second-order valence-corrected chi connectivity index (χ2v) is 8.10. The molecule has 1 aromatic heterocycles. The summed E-state index contributed by atoms with van der Waals surface area (Å²) in [4.78, 5) is 23.1. The van der Waals surface area contributed by atoms with Gasteiger partial charge in [0.05, 0.1) is 11.4 Å². The van der Waals surface area contributed by atoms with Crippen molar-refractivity contribution in [3.8, 4) is 16.2 Å². The molecule has 3 aromatic carbocycles. The molecule has 0 bridgehead atoms. The lowest BCUT2D eigenvalue weighted by molar-refractivity contribution is -0.120. The lowest BCUT2D eigenvalue weighted by Crippen LogP contribution is -2.14. The molecule has 0 aliphatic heterocycles. The van der Waals surface area contributed by atoms with Crippen molar-refractivity contribution in [1.82, 2.24) is 0 Å². The maximum absolute atomic E-state index is 12.7. The van der Waals surface area contributed by atoms with Crippen molar-refractivity contribution in [2.24, 2.45) is 5.73 Å². The fraction of sp³-hybridized carbons (Fsp3) is 0.0769. The van der Waals surface area contributed by atoms with Gasteiger partial charge < -0.3 is 26.6 Å². The summed E-state index contributed by atoms with van der Waals surface area (Å²) in [5, 5.41) is 12.6. The fourth-order valence-corrected chi connectivity index (χ4v) is 3.61. The number of aliphatic hydroxyl groups excluding tert-OH is 1. The van der Waals surface area contributed by atoms with Gasteiger partial charge in [0.25, 0.3) is 5.91 Å². The Labute approximate surface area is 201 Å². The number of nitrogens with two attached hydrogens (primary N) is 2. The molecular weight excluding hydrogens is 450 g/mol. The molecule has 4 aromatic rings. The van der Waals surface area contributed by atoms with Crippen molar-refractivity contribution < 1.29 is 19.4 Å². The van der Waals surface area contributed by atoms with Crippen molar-refractivity contribution in [2.75, 3.05) is 17.7 Å². The fourth-order valence-electron chi connectivity index (χ4n) is 2.89. The largest absolute Gasteiger partial charge is 0.489 e. The van der Waals surface area contributed by atoms with E-state index in [0.717, 1.165) is 21.8 Å². The quantitative estimate of drug-likeness (QED) is 0.297. The van der Waals surface area contributed by atoms with Crippen molar-refractivity contribution in [2.45, 2.75) is 6.61 Å². The van der Waals surface area contributed by atoms with E-state index in [1.807, 2.05) is 78.2 Å². The highest BCUT2D eigenvalue weighted by atomic mass is 32.1. The summed E-state index contributed by atoms with van der Waals surface area (Å²) < 4.78 is 5.74. The van der Waals surface area contributed by atoms with Crippen molar-refractivity contribution in [3.63, 3.8) is 0 Å². The zero-order valence-electron chi connectivity index (χ0n) is 18.3. The van der Waals surface area contributed by atoms with E-state index < -0.39 is 12.5 Å². The lowest BCUT2D eigenvalue weighted by Gasteiger charge is -2.11. The number of hydrogen-bond donors (Lipinski definition) is 4. The lowest BCUT2D eigenvalue weighted by atomic mass is 10.1. The number of nitrogen functional groups attached to an aromatic ring is 1. The summed E-state index contributed by atoms with van der Waals surface area (Å²) in [5.41, 5.74) is 14.2. The van der Waals surface area contributed by atoms with E-state index in [1.165, 1.54) is 0 Å². The maximum Gasteiger partial charge on any atom is 0.255 e. The Balaban J connectivity index is 0.000000588. The van der Waals surface area contributed by atoms with Crippen molar-refractivity contribution in [1.29, 1.82) is 0 Å². The van der Waals surface area contributed by atoms with Gasteiger partial charge in [0, 0.05) is 10.4 Å². The monoisotopic (exact) mass is 475 g/mol. The van der Waals surface area contributed by atoms with E-state index in [-0.39, 0.29) is 5.91 Å². The number of carbonyl (C=O) groups is 2. The number of rotatable bonds is 7. The van der Waals surface area contributed by atoms with Gasteiger partial charge in [-0.1, -0.05) is 42.5 Å². The van der Waals surface area contributed by atoms with E-state index in [9.17, 15) is 9.59 Å². The number of para-hydroxylation sites is 1. The highest BCUT2D eigenvalue weighted by Gasteiger charge is 2.10. The summed E-state index contributed by atoms with van der Waals surface area (Å²) in [6, 6.07) is 26.7. The summed E-state index contributed by atoms with van der Waals surface area (Å²) >= 11 is 1.65. The third kappa shape index (κ3) is 7.19. The normalized spacial score (nSPS) is 10.0. The molecule has 0 saturated carbocycles. The van der Waals surface area contributed by atoms with Crippen LogP contribution in [0.1, 0.15) is 15.9 Å². The molecule has 0 fully saturated rings. The van der Waals surface area contributed by atoms with E-state index in [2.05, 4.69) is 11.1 Å². The molecule has 0 aliphatic rings. The van der Waals surface area contributed by atoms with Gasteiger partial charge in [-0.3, -0.25) is 9.59 Å². The number of ether oxygens (including phenoxy) is 1. The molecule has 4 rings (SSSR count). The molecule has 0 spiro atoms. The third-order valence-electron chi connectivity index (χ3n) is 4.63. The number of amides is 2. The van der Waals surface area contributed by atoms with Gasteiger partial charge in [0.1, 0.15) is 19.0 Å². The Morgan fingerprint density at radius 3 is 2.26 bits per heavy atom. The van der Waals surface area contributed by atoms with Crippen LogP contribution in [0.4, 0.5) is 11.4 Å². The minimum Gasteiger partial charge on any atom is -0.489 e. The van der Waals surface area contributed by atoms with Crippen LogP contribution in [0, 0.1) is 0 Å². The SMILES string of the molecule is NC(=O)CO.Nc1ccc(-c2cccs2)cc1NC(=O)c1ccc(COc2ccccc2)cc1. The Kier molecular flexibility index (Phi) is 8.79. The van der Waals surface area contributed by atoms with E-state index in [4.69, 9.17) is 15.6 Å². The van der Waals surface area contributed by atoms with E-state index in [0.29, 0.717) is 23.5 Å². The molecule has 1 heterocycles. The number of anilines is 2. The second-order valence-electron chi connectivity index (χ2n) is 7.16. The van der Waals surface area contributed by atoms with Crippen LogP contribution < -0.4 is 21.5 Å². The van der Waals surface area contributed by atoms with Gasteiger partial charge in [-0.25, -0.2) is 0 Å². The molecule has 0 atom stereocenters. The predicted molar refractivity (Wildman–Crippen MR) is 136 cm³/mol. The highest BCUT2D eigenvalue weighted by Crippen LogP contribution is 2.30. The van der Waals surface area contributed by atoms with E-state index >= 15 is 0 Å². The van der Waals surface area contributed by atoms with Crippen LogP contribution in [0.15, 0.2) is 90.3 Å². The molecule has 0 radical (unpaired) electrons. The Morgan fingerprint density at radius 1 is 0.941 bits per heavy atom. The first-order valence-electron chi connectivity index (χ1n) is 10.4. The average Bonchev–Trinajstić information content (AvgIpc) is 3.40. The standard InChI is InChI=1S/C24H20N2O2S.C2H5NO2/c25-21-13-12-19(23-7-4-14-29-23)15-22(21)26-24(27)18-10-8-17(9-11-18)16-28-20-5-2-1-3-6-20;3-2(5)1-4/h1-15H,16,25H2,(H,26,27);4H,1H2,(H2,3,5). The molecule has 6 N–H and O–H groups in total. The smallest absolute Gasteiger partial charge is 0.255 e. The number of nitrogens with one attached hydrogen (secondary N) is 1. The predicted octanol–water partition coefficient (Wildman–Crippen LogP) is 4.29. The molecule has 34 heavy (non-hydrogen) atoms. The molecule has 0 saturated heterocycles. The minimum absolute atomic E-state index is 0.199. The molecule has 7 nitrogen and oxygen atoms in total. The zero-order chi connectivity index (χ0) is 24.3. The Bertz CT molecular complexity index is 1210. The molecule has 0 aliphatic carbocycles. The number of benzene rings is 3. The summed E-state index contributed by atoms with van der Waals surface area (Å²) in [7, 11) is 0. The first-order chi connectivity index (χ1) is 16.5. The zero-order valence-corrected chi connectivity index (χ0v) is 19.1. The Hall–Kier alpha value is -4.14. The number of primary amides is 1. The minimum atomic E-state index is -0.690. The van der Waals surface area contributed by atoms with E-state index in [1.54, 1.807) is 23.5 Å². The van der Waals surface area contributed by atoms with Crippen LogP contribution in [-0.4, -0.2) is 23.5 Å². The summed E-state index contributed by atoms with van der Waals surface area (Å²) in [6.07, 6.45) is 0. The van der Waals surface area contributed by atoms with Crippen molar-refractivity contribution in [3.05, 3.63) is 101 Å². The van der Waals surface area contributed by atoms with Crippen LogP contribution >= 0.6 is 11.3 Å². The number of hydrogen-bond acceptors (Lipinski definition) is 6. The topological polar surface area (TPSA) is 128 Å². The highest BCUT2D eigenvalue weighted by molar-refractivity contribution is 7.13. The van der Waals surface area contributed by atoms with Gasteiger partial charge in [-0.15, -0.1) is 11.3 Å². The molecule has 8 heteroatoms. The first kappa shape index (κ1) is 24.5. The Morgan fingerprint density at radius 2 is 1.65 bits per heavy atom. The number of aliphatic hydroxyl groups is 1. The molecule has 2 amide bonds. The van der Waals surface area contributed by atoms with Gasteiger partial charge in [0.2, 0.25) is 5.91 Å². The van der Waals surface area contributed by atoms with Gasteiger partial charge in [0.15, 0.2) is 0 Å². The summed E-state index contributed by atoms with van der Waals surface area (Å²) in [6.45, 7) is -0.109. The van der Waals surface area contributed by atoms with Crippen LogP contribution in [0.2, 0.25) is 0 Å². The average molecular weight is 476 g/mol. The first-order valence-corrected chi connectivity index (χ1v) is 11.2. The van der Waals surface area contributed by atoms with Crippen LogP contribution in [-0.2, 0) is 11.4 Å². The third-order valence-corrected chi connectivity index (χ3v) is 5.55. The van der Waals surface area contributed by atoms with Gasteiger partial charge in [-0.2, -0.15) is 0 Å². The number of carbonyl (C=O) groups excluding carboxylic acids is 2. The van der Waals surface area contributed by atoms with Crippen LogP contribution in [0.25, 0.3) is 10.4 Å². The van der Waals surface area contributed by atoms with Crippen LogP contribution in [0.3, 0.4) is 0 Å². The second kappa shape index (κ2) is 12.2. The van der Waals surface area contributed by atoms with Gasteiger partial charge >= 0.3 is 0 Å². The molecule has 0 unspecified atom stereocenters. The molecule has 174 valence electrons. The summed E-state index contributed by atoms with van der Waals surface area (Å²) in [5.74, 6) is -0.0732. The van der Waals surface area contributed by atoms with Gasteiger partial charge in [-0.05, 0) is 59.0 Å². The van der Waals surface area contributed by atoms with Crippen molar-refractivity contribution >= 4 is 34.5 Å². The molecular formula is C26H25N3O4S.